The summed E-state index contributed by atoms with van der Waals surface area (Å²) < 4.78 is 19.0. The van der Waals surface area contributed by atoms with E-state index in [0.29, 0.717) is 26.7 Å². The predicted molar refractivity (Wildman–Crippen MR) is 84.8 cm³/mol. The second-order valence-corrected chi connectivity index (χ2v) is 5.79. The summed E-state index contributed by atoms with van der Waals surface area (Å²) in [5.41, 5.74) is 1.37. The molecule has 2 rings (SSSR count). The number of hydrogen-bond donors (Lipinski definition) is 0. The lowest BCUT2D eigenvalue weighted by Crippen LogP contribution is -2.00. The van der Waals surface area contributed by atoms with Gasteiger partial charge < -0.3 is 4.74 Å². The first kappa shape index (κ1) is 15.9. The first-order chi connectivity index (χ1) is 9.52. The molecule has 0 aliphatic carbocycles. The molecule has 0 spiro atoms. The smallest absolute Gasteiger partial charge is 0.142 e. The molecule has 0 saturated carbocycles. The average Bonchev–Trinajstić information content (AvgIpc) is 2.41. The molecule has 20 heavy (non-hydrogen) atoms. The number of alkyl halides is 1. The van der Waals surface area contributed by atoms with E-state index in [1.54, 1.807) is 24.3 Å². The minimum atomic E-state index is -0.476. The van der Waals surface area contributed by atoms with E-state index < -0.39 is 5.82 Å². The van der Waals surface area contributed by atoms with E-state index in [0.717, 1.165) is 5.56 Å². The first-order valence-electron chi connectivity index (χ1n) is 5.62. The number of hydrogen-bond acceptors (Lipinski definition) is 1. The van der Waals surface area contributed by atoms with Crippen LogP contribution in [0.15, 0.2) is 30.3 Å². The lowest BCUT2D eigenvalue weighted by Gasteiger charge is -2.13. The molecule has 1 nitrogen and oxygen atoms in total. The third kappa shape index (κ3) is 3.59. The zero-order valence-corrected chi connectivity index (χ0v) is 14.0. The molecule has 0 N–H and O–H groups in total. The molecule has 0 fully saturated rings. The minimum Gasteiger partial charge on any atom is -0.487 e. The van der Waals surface area contributed by atoms with Crippen molar-refractivity contribution in [1.82, 2.24) is 0 Å². The molecule has 0 bridgehead atoms. The molecule has 0 heterocycles. The third-order valence-corrected chi connectivity index (χ3v) is 4.16. The zero-order valence-electron chi connectivity index (χ0n) is 10.1. The molecule has 0 unspecified atom stereocenters. The van der Waals surface area contributed by atoms with Gasteiger partial charge in [-0.1, -0.05) is 62.9 Å². The van der Waals surface area contributed by atoms with Crippen LogP contribution in [0.2, 0.25) is 15.1 Å². The summed E-state index contributed by atoms with van der Waals surface area (Å²) in [6.45, 7) is 0.123. The van der Waals surface area contributed by atoms with Crippen LogP contribution in [0.3, 0.4) is 0 Å². The van der Waals surface area contributed by atoms with Crippen LogP contribution in [0.4, 0.5) is 4.39 Å². The van der Waals surface area contributed by atoms with E-state index in [2.05, 4.69) is 15.9 Å². The summed E-state index contributed by atoms with van der Waals surface area (Å²) in [6.07, 6.45) is 0. The average molecular weight is 398 g/mol. The maximum atomic E-state index is 13.3. The van der Waals surface area contributed by atoms with Gasteiger partial charge in [0.15, 0.2) is 0 Å². The van der Waals surface area contributed by atoms with Crippen molar-refractivity contribution in [2.24, 2.45) is 0 Å². The standard InChI is InChI=1S/C14H9BrCl3FO/c15-6-9-4-10(16)5-11(17)14(9)20-7-8-2-1-3-12(19)13(8)18/h1-5H,6-7H2. The van der Waals surface area contributed by atoms with Gasteiger partial charge >= 0.3 is 0 Å². The lowest BCUT2D eigenvalue weighted by atomic mass is 10.2. The van der Waals surface area contributed by atoms with E-state index in [1.165, 1.54) is 6.07 Å². The molecular weight excluding hydrogens is 389 g/mol. The second kappa shape index (κ2) is 6.99. The molecule has 0 atom stereocenters. The van der Waals surface area contributed by atoms with Crippen molar-refractivity contribution in [2.75, 3.05) is 0 Å². The lowest BCUT2D eigenvalue weighted by molar-refractivity contribution is 0.303. The van der Waals surface area contributed by atoms with Gasteiger partial charge in [-0.2, -0.15) is 0 Å². The van der Waals surface area contributed by atoms with Crippen molar-refractivity contribution < 1.29 is 9.13 Å². The van der Waals surface area contributed by atoms with Crippen LogP contribution < -0.4 is 4.74 Å². The van der Waals surface area contributed by atoms with Crippen molar-refractivity contribution in [3.8, 4) is 5.75 Å². The molecule has 2 aromatic carbocycles. The molecule has 106 valence electrons. The van der Waals surface area contributed by atoms with Gasteiger partial charge in [-0.05, 0) is 18.2 Å². The van der Waals surface area contributed by atoms with Gasteiger partial charge in [0.25, 0.3) is 0 Å². The SMILES string of the molecule is Fc1cccc(COc2c(Cl)cc(Cl)cc2CBr)c1Cl. The second-order valence-electron chi connectivity index (χ2n) is 4.01. The van der Waals surface area contributed by atoms with Crippen LogP contribution in [0.5, 0.6) is 5.75 Å². The Bertz CT molecular complexity index is 634. The van der Waals surface area contributed by atoms with Gasteiger partial charge in [0, 0.05) is 21.5 Å². The molecule has 0 radical (unpaired) electrons. The Hall–Kier alpha value is -0.480. The largest absolute Gasteiger partial charge is 0.487 e. The van der Waals surface area contributed by atoms with Gasteiger partial charge in [-0.15, -0.1) is 0 Å². The Labute approximate surface area is 139 Å². The third-order valence-electron chi connectivity index (χ3n) is 2.63. The highest BCUT2D eigenvalue weighted by molar-refractivity contribution is 9.08. The molecule has 6 heteroatoms. The Morgan fingerprint density at radius 2 is 1.85 bits per heavy atom. The maximum absolute atomic E-state index is 13.3. The monoisotopic (exact) mass is 396 g/mol. The highest BCUT2D eigenvalue weighted by Crippen LogP contribution is 2.34. The molecule has 0 aliphatic heterocycles. The van der Waals surface area contributed by atoms with Crippen LogP contribution in [0.25, 0.3) is 0 Å². The van der Waals surface area contributed by atoms with Crippen LogP contribution in [0, 0.1) is 5.82 Å². The normalized spacial score (nSPS) is 10.7. The van der Waals surface area contributed by atoms with E-state index in [9.17, 15) is 4.39 Å². The minimum absolute atomic E-state index is 0.0537. The first-order valence-corrected chi connectivity index (χ1v) is 7.88. The highest BCUT2D eigenvalue weighted by Gasteiger charge is 2.12. The molecule has 0 amide bonds. The topological polar surface area (TPSA) is 9.23 Å². The Balaban J connectivity index is 2.25. The van der Waals surface area contributed by atoms with Crippen molar-refractivity contribution >= 4 is 50.7 Å². The zero-order chi connectivity index (χ0) is 14.7. The summed E-state index contributed by atoms with van der Waals surface area (Å²) in [7, 11) is 0. The fourth-order valence-electron chi connectivity index (χ4n) is 1.68. The highest BCUT2D eigenvalue weighted by atomic mass is 79.9. The maximum Gasteiger partial charge on any atom is 0.142 e. The Kier molecular flexibility index (Phi) is 5.56. The molecule has 0 aliphatic rings. The van der Waals surface area contributed by atoms with E-state index >= 15 is 0 Å². The Morgan fingerprint density at radius 3 is 2.55 bits per heavy atom. The summed E-state index contributed by atoms with van der Waals surface area (Å²) in [5, 5.41) is 1.53. The molecular formula is C14H9BrCl3FO. The summed E-state index contributed by atoms with van der Waals surface area (Å²) in [4.78, 5) is 0. The van der Waals surface area contributed by atoms with Gasteiger partial charge in [0.2, 0.25) is 0 Å². The van der Waals surface area contributed by atoms with Crippen LogP contribution in [-0.4, -0.2) is 0 Å². The molecule has 0 aromatic heterocycles. The fourth-order valence-corrected chi connectivity index (χ4v) is 2.87. The number of rotatable bonds is 4. The van der Waals surface area contributed by atoms with Crippen molar-refractivity contribution in [2.45, 2.75) is 11.9 Å². The fraction of sp³-hybridized carbons (Fsp3) is 0.143. The van der Waals surface area contributed by atoms with Gasteiger partial charge in [0.05, 0.1) is 10.0 Å². The summed E-state index contributed by atoms with van der Waals surface area (Å²) in [5.74, 6) is 0.0314. The van der Waals surface area contributed by atoms with E-state index in [-0.39, 0.29) is 11.6 Å². The molecule has 0 saturated heterocycles. The van der Waals surface area contributed by atoms with E-state index in [4.69, 9.17) is 39.5 Å². The van der Waals surface area contributed by atoms with Crippen molar-refractivity contribution in [3.63, 3.8) is 0 Å². The molecule has 2 aromatic rings. The van der Waals surface area contributed by atoms with Crippen LogP contribution >= 0.6 is 50.7 Å². The predicted octanol–water partition coefficient (Wildman–Crippen LogP) is 6.26. The van der Waals surface area contributed by atoms with Crippen LogP contribution in [0.1, 0.15) is 11.1 Å². The number of halogens is 5. The number of ether oxygens (including phenoxy) is 1. The quantitative estimate of drug-likeness (QED) is 0.552. The van der Waals surface area contributed by atoms with Crippen LogP contribution in [-0.2, 0) is 11.9 Å². The summed E-state index contributed by atoms with van der Waals surface area (Å²) in [6, 6.07) is 7.92. The Morgan fingerprint density at radius 1 is 1.10 bits per heavy atom. The van der Waals surface area contributed by atoms with Crippen molar-refractivity contribution in [1.29, 1.82) is 0 Å². The van der Waals surface area contributed by atoms with Gasteiger partial charge in [-0.25, -0.2) is 4.39 Å². The summed E-state index contributed by atoms with van der Waals surface area (Å²) >= 11 is 21.3. The van der Waals surface area contributed by atoms with Crippen molar-refractivity contribution in [3.05, 3.63) is 62.3 Å². The van der Waals surface area contributed by atoms with E-state index in [1.807, 2.05) is 0 Å². The number of benzene rings is 2. The van der Waals surface area contributed by atoms with Gasteiger partial charge in [-0.3, -0.25) is 0 Å². The van der Waals surface area contributed by atoms with Gasteiger partial charge in [0.1, 0.15) is 18.2 Å².